The second-order valence-electron chi connectivity index (χ2n) is 20.3. The number of aryl methyl sites for hydroxylation is 13. The van der Waals surface area contributed by atoms with Crippen LogP contribution in [0.15, 0.2) is 91.4 Å². The molecule has 66 heavy (non-hydrogen) atoms. The van der Waals surface area contributed by atoms with Crippen molar-refractivity contribution in [3.05, 3.63) is 158 Å². The minimum atomic E-state index is -2.12. The third-order valence-corrected chi connectivity index (χ3v) is 14.2. The summed E-state index contributed by atoms with van der Waals surface area (Å²) in [7, 11) is 5.78. The molecule has 9 rings (SSSR count). The van der Waals surface area contributed by atoms with Gasteiger partial charge in [0.1, 0.15) is 21.1 Å². The van der Waals surface area contributed by atoms with E-state index in [4.69, 9.17) is 20.6 Å². The molecule has 3 aliphatic carbocycles. The van der Waals surface area contributed by atoms with Crippen molar-refractivity contribution in [3.63, 3.8) is 0 Å². The van der Waals surface area contributed by atoms with Crippen molar-refractivity contribution in [3.8, 4) is 33.8 Å². The molecule has 348 valence electrons. The molecular weight excluding hydrogens is 799 g/mol. The van der Waals surface area contributed by atoms with E-state index in [2.05, 4.69) is 19.9 Å². The molecule has 0 radical (unpaired) electrons. The second-order valence-corrected chi connectivity index (χ2v) is 20.3. The van der Waals surface area contributed by atoms with Gasteiger partial charge in [-0.25, -0.2) is 13.7 Å². The highest BCUT2D eigenvalue weighted by Crippen LogP contribution is 2.39. The van der Waals surface area contributed by atoms with Crippen LogP contribution in [0, 0.1) is 72.4 Å². The van der Waals surface area contributed by atoms with Crippen LogP contribution >= 0.6 is 0 Å². The summed E-state index contributed by atoms with van der Waals surface area (Å²) < 4.78 is 126. The van der Waals surface area contributed by atoms with E-state index >= 15 is 0 Å². The van der Waals surface area contributed by atoms with Crippen molar-refractivity contribution < 1.29 is 34.3 Å². The van der Waals surface area contributed by atoms with Crippen molar-refractivity contribution >= 4 is 0 Å². The summed E-state index contributed by atoms with van der Waals surface area (Å²) in [5.74, 6) is 0.123. The first-order valence-electron chi connectivity index (χ1n) is 31.7. The van der Waals surface area contributed by atoms with Gasteiger partial charge in [0.2, 0.25) is 17.1 Å². The van der Waals surface area contributed by atoms with E-state index in [-0.39, 0.29) is 11.8 Å². The highest BCUT2D eigenvalue weighted by molar-refractivity contribution is 5.64. The van der Waals surface area contributed by atoms with Crippen molar-refractivity contribution in [1.82, 2.24) is 0 Å². The molecule has 0 unspecified atom stereocenters. The second kappa shape index (κ2) is 21.4. The van der Waals surface area contributed by atoms with E-state index in [0.717, 1.165) is 148 Å². The van der Waals surface area contributed by atoms with Gasteiger partial charge in [-0.1, -0.05) is 92.6 Å². The van der Waals surface area contributed by atoms with Crippen LogP contribution in [0.4, 0.5) is 0 Å². The summed E-state index contributed by atoms with van der Waals surface area (Å²) in [6, 6.07) is 21.9. The Bertz CT molecular complexity index is 3260. The van der Waals surface area contributed by atoms with E-state index in [1.807, 2.05) is 118 Å². The van der Waals surface area contributed by atoms with Crippen molar-refractivity contribution in [2.75, 3.05) is 0 Å². The monoisotopic (exact) mass is 898 g/mol. The molecule has 3 nitrogen and oxygen atoms in total. The van der Waals surface area contributed by atoms with Crippen LogP contribution in [-0.4, -0.2) is 0 Å². The van der Waals surface area contributed by atoms with Crippen LogP contribution in [0.5, 0.6) is 0 Å². The third-order valence-electron chi connectivity index (χ3n) is 14.2. The highest BCUT2D eigenvalue weighted by atomic mass is 14.9. The third kappa shape index (κ3) is 12.2. The largest absolute Gasteiger partial charge is 0.212 e. The first kappa shape index (κ1) is 32.8. The van der Waals surface area contributed by atoms with E-state index in [1.54, 1.807) is 36.4 Å². The predicted octanol–water partition coefficient (Wildman–Crippen LogP) is 14.4. The fourth-order valence-electron chi connectivity index (χ4n) is 10.1. The van der Waals surface area contributed by atoms with Crippen molar-refractivity contribution in [2.45, 2.75) is 159 Å². The molecule has 3 aliphatic rings. The van der Waals surface area contributed by atoms with Crippen LogP contribution in [0.3, 0.4) is 0 Å². The van der Waals surface area contributed by atoms with Gasteiger partial charge in [-0.3, -0.25) is 0 Å². The fourth-order valence-corrected chi connectivity index (χ4v) is 10.1. The van der Waals surface area contributed by atoms with Crippen LogP contribution < -0.4 is 13.7 Å². The molecule has 3 aromatic carbocycles. The Morgan fingerprint density at radius 3 is 1.38 bits per heavy atom. The van der Waals surface area contributed by atoms with Crippen LogP contribution in [0.25, 0.3) is 33.8 Å². The Labute approximate surface area is 422 Å². The fraction of sp³-hybridized carbons (Fsp3) is 0.476. The quantitative estimate of drug-likeness (QED) is 0.142. The molecular formula is C63H84N3+3. The first-order chi connectivity index (χ1) is 37.3. The number of nitrogens with zero attached hydrogens (tertiary/aromatic N) is 3. The van der Waals surface area contributed by atoms with Gasteiger partial charge in [-0.15, -0.1) is 0 Å². The van der Waals surface area contributed by atoms with Gasteiger partial charge >= 0.3 is 0 Å². The van der Waals surface area contributed by atoms with Gasteiger partial charge < -0.3 is 0 Å². The number of aromatic nitrogens is 3. The molecule has 6 aromatic rings. The lowest BCUT2D eigenvalue weighted by Crippen LogP contribution is -2.32. The normalized spacial score (nSPS) is 21.1. The zero-order valence-electron chi connectivity index (χ0n) is 56.4. The lowest BCUT2D eigenvalue weighted by molar-refractivity contribution is -0.661. The maximum Gasteiger partial charge on any atom is 0.212 e. The molecule has 2 saturated carbocycles. The molecule has 2 fully saturated rings. The molecule has 3 heterocycles. The molecule has 3 heteroatoms. The minimum absolute atomic E-state index is 0.0374. The Balaban J connectivity index is 0.000000176. The number of rotatable bonds is 7. The van der Waals surface area contributed by atoms with Crippen molar-refractivity contribution in [1.29, 1.82) is 0 Å². The lowest BCUT2D eigenvalue weighted by Gasteiger charge is -2.34. The van der Waals surface area contributed by atoms with E-state index in [1.165, 1.54) is 0 Å². The lowest BCUT2D eigenvalue weighted by atomic mass is 9.71. The van der Waals surface area contributed by atoms with Crippen LogP contribution in [0.1, 0.15) is 165 Å². The SMILES string of the molecule is [2H]C([2H])([2H])c1ccc(-c2cc(C)c(C([2H])([2H])C3CCC(C)(C)CC3)c[n+]2C)c(C)c1.[2H]C([2H])([2H])c1ccc(-c2cc(C)c(C([2H])([2H])C3CCCC3)c[n+]2C)c(C)c1.[2H]C([2H])([2H])c1ccc(-c2cc3c(c[n+]2C)C([2H])([2H])CCC3)c(C)c1. The summed E-state index contributed by atoms with van der Waals surface area (Å²) in [6.07, 6.45) is 12.2. The van der Waals surface area contributed by atoms with Gasteiger partial charge in [0.25, 0.3) is 0 Å². The van der Waals surface area contributed by atoms with Crippen LogP contribution in [0.2, 0.25) is 0 Å². The van der Waals surface area contributed by atoms with E-state index in [0.29, 0.717) is 28.5 Å². The highest BCUT2D eigenvalue weighted by Gasteiger charge is 2.28. The number of hydrogen-bond acceptors (Lipinski definition) is 0. The van der Waals surface area contributed by atoms with Crippen molar-refractivity contribution in [2.24, 2.45) is 38.4 Å². The van der Waals surface area contributed by atoms with Gasteiger partial charge in [0.15, 0.2) is 18.6 Å². The first-order valence-corrected chi connectivity index (χ1v) is 24.2. The Kier molecular flexibility index (Phi) is 10.6. The Morgan fingerprint density at radius 2 is 0.939 bits per heavy atom. The summed E-state index contributed by atoms with van der Waals surface area (Å²) >= 11 is 0. The average Bonchev–Trinajstić information content (AvgIpc) is 4.07. The average molecular weight is 898 g/mol. The van der Waals surface area contributed by atoms with Crippen LogP contribution in [-0.2, 0) is 46.7 Å². The zero-order chi connectivity index (χ0) is 60.2. The number of pyridine rings is 3. The molecule has 0 atom stereocenters. The minimum Gasteiger partial charge on any atom is -0.201 e. The molecule has 0 bridgehead atoms. The van der Waals surface area contributed by atoms with Gasteiger partial charge in [0, 0.05) is 72.1 Å². The molecule has 0 saturated heterocycles. The summed E-state index contributed by atoms with van der Waals surface area (Å²) in [4.78, 5) is 0. The van der Waals surface area contributed by atoms with Gasteiger partial charge in [0.05, 0.1) is 0 Å². The molecule has 0 N–H and O–H groups in total. The van der Waals surface area contributed by atoms with Gasteiger partial charge in [-0.2, -0.15) is 0 Å². The number of fused-ring (bicyclic) bond motifs is 1. The Hall–Kier alpha value is -4.89. The standard InChI is InChI=1S/C24H34N.C21H28N.C18H22N/c1-17-7-8-22(19(3)13-17)23-14-18(2)21(16-25(23)6)15-20-9-11-24(4,5)12-10-20;1-15-9-10-20(17(3)11-15)21-12-16(2)19(14-22(21)4)13-18-7-5-6-8-18;1-13-8-9-17(14(2)10-13)18-11-15-6-4-5-7-16(15)12-19(18)3/h7-8,13-14,16,20H,9-12,15H2,1-6H3;9-12,14,18H,5-8,13H2,1-4H3;8-12H,4-7H2,1-3H3/q3*+1/i1D3,15D2;1D3,13D2;1D3,7D2. The van der Waals surface area contributed by atoms with E-state index < -0.39 is 39.7 Å². The topological polar surface area (TPSA) is 11.6 Å². The maximum atomic E-state index is 8.93. The number of hydrogen-bond donors (Lipinski definition) is 0. The smallest absolute Gasteiger partial charge is 0.201 e. The summed E-state index contributed by atoms with van der Waals surface area (Å²) in [5.41, 5.74) is 15.2. The van der Waals surface area contributed by atoms with E-state index in [9.17, 15) is 0 Å². The zero-order valence-corrected chi connectivity index (χ0v) is 41.4. The Morgan fingerprint density at radius 1 is 0.515 bits per heavy atom. The molecule has 0 aliphatic heterocycles. The molecule has 0 spiro atoms. The summed E-state index contributed by atoms with van der Waals surface area (Å²) in [6.45, 7) is 7.95. The number of benzene rings is 3. The maximum absolute atomic E-state index is 8.93. The predicted molar refractivity (Wildman–Crippen MR) is 279 cm³/mol. The molecule has 3 aromatic heterocycles. The molecule has 0 amide bonds. The van der Waals surface area contributed by atoms with Gasteiger partial charge in [-0.05, 0) is 188 Å². The summed E-state index contributed by atoms with van der Waals surface area (Å²) in [5, 5.41) is 0.